The number of fused-ring (bicyclic) bond motifs is 1. The molecule has 4 rings (SSSR count). The molecule has 0 spiro atoms. The predicted octanol–water partition coefficient (Wildman–Crippen LogP) is 5.00. The maximum atomic E-state index is 11.0. The molecule has 0 bridgehead atoms. The van der Waals surface area contributed by atoms with Crippen LogP contribution in [0.1, 0.15) is 32.6 Å². The molecule has 0 atom stereocenters. The first-order chi connectivity index (χ1) is 13.2. The van der Waals surface area contributed by atoms with E-state index in [2.05, 4.69) is 41.2 Å². The normalized spacial score (nSPS) is 11.3. The van der Waals surface area contributed by atoms with Gasteiger partial charge in [0.25, 0.3) is 0 Å². The summed E-state index contributed by atoms with van der Waals surface area (Å²) in [6.07, 6.45) is 12.5. The van der Waals surface area contributed by atoms with Crippen LogP contribution in [0.5, 0.6) is 0 Å². The average molecular weight is 353 g/mol. The molecule has 0 amide bonds. The Labute approximate surface area is 157 Å². The molecule has 2 aromatic heterocycles. The summed E-state index contributed by atoms with van der Waals surface area (Å²) in [7, 11) is 0. The van der Waals surface area contributed by atoms with E-state index in [1.54, 1.807) is 12.4 Å². The van der Waals surface area contributed by atoms with E-state index in [1.165, 1.54) is 0 Å². The Balaban J connectivity index is 1.73. The monoisotopic (exact) mass is 353 g/mol. The lowest BCUT2D eigenvalue weighted by Crippen LogP contribution is -1.93. The summed E-state index contributed by atoms with van der Waals surface area (Å²) in [4.78, 5) is 19.8. The molecule has 4 heteroatoms. The number of aryl methyl sites for hydroxylation is 1. The second-order valence-corrected chi connectivity index (χ2v) is 6.55. The molecule has 27 heavy (non-hydrogen) atoms. The van der Waals surface area contributed by atoms with Crippen LogP contribution in [0.15, 0.2) is 61.2 Å². The number of imidazole rings is 1. The van der Waals surface area contributed by atoms with Crippen molar-refractivity contribution < 1.29 is 4.79 Å². The Morgan fingerprint density at radius 2 is 1.85 bits per heavy atom. The van der Waals surface area contributed by atoms with Crippen molar-refractivity contribution in [2.24, 2.45) is 0 Å². The zero-order chi connectivity index (χ0) is 18.8. The van der Waals surface area contributed by atoms with E-state index in [0.29, 0.717) is 5.56 Å². The van der Waals surface area contributed by atoms with Crippen LogP contribution >= 0.6 is 0 Å². The number of benzene rings is 2. The summed E-state index contributed by atoms with van der Waals surface area (Å²) in [5, 5.41) is 0. The molecular weight excluding hydrogens is 334 g/mol. The van der Waals surface area contributed by atoms with Gasteiger partial charge in [-0.3, -0.25) is 9.78 Å². The molecular formula is C23H19N3O. The smallest absolute Gasteiger partial charge is 0.155 e. The maximum absolute atomic E-state index is 11.0. The highest BCUT2D eigenvalue weighted by atomic mass is 16.1. The van der Waals surface area contributed by atoms with Gasteiger partial charge >= 0.3 is 0 Å². The fraction of sp³-hybridized carbons (Fsp3) is 0.0870. The van der Waals surface area contributed by atoms with Gasteiger partial charge in [-0.05, 0) is 42.2 Å². The highest BCUT2D eigenvalue weighted by Crippen LogP contribution is 2.26. The molecule has 2 heterocycles. The van der Waals surface area contributed by atoms with Gasteiger partial charge in [-0.25, -0.2) is 4.98 Å². The summed E-state index contributed by atoms with van der Waals surface area (Å²) in [5.74, 6) is 0. The predicted molar refractivity (Wildman–Crippen MR) is 109 cm³/mol. The van der Waals surface area contributed by atoms with Crippen LogP contribution in [-0.2, 0) is 0 Å². The van der Waals surface area contributed by atoms with Crippen LogP contribution < -0.4 is 0 Å². The fourth-order valence-corrected chi connectivity index (χ4v) is 3.17. The van der Waals surface area contributed by atoms with Gasteiger partial charge in [0.2, 0.25) is 0 Å². The third-order valence-electron chi connectivity index (χ3n) is 4.81. The Hall–Kier alpha value is -3.53. The number of nitrogens with zero attached hydrogens (tertiary/aromatic N) is 3. The van der Waals surface area contributed by atoms with Crippen molar-refractivity contribution in [1.29, 1.82) is 0 Å². The molecule has 0 saturated heterocycles. The molecule has 0 fully saturated rings. The van der Waals surface area contributed by atoms with Crippen LogP contribution in [-0.4, -0.2) is 20.7 Å². The number of hydrogen-bond acceptors (Lipinski definition) is 3. The number of rotatable bonds is 4. The molecule has 4 nitrogen and oxygen atoms in total. The molecule has 0 aliphatic carbocycles. The topological polar surface area (TPSA) is 47.3 Å². The Morgan fingerprint density at radius 1 is 1.00 bits per heavy atom. The summed E-state index contributed by atoms with van der Waals surface area (Å²) < 4.78 is 1.97. The van der Waals surface area contributed by atoms with Gasteiger partial charge in [-0.2, -0.15) is 0 Å². The Morgan fingerprint density at radius 3 is 2.70 bits per heavy atom. The second kappa shape index (κ2) is 7.00. The van der Waals surface area contributed by atoms with Gasteiger partial charge in [0.1, 0.15) is 6.29 Å². The zero-order valence-electron chi connectivity index (χ0n) is 15.3. The minimum atomic E-state index is 0.684. The van der Waals surface area contributed by atoms with E-state index < -0.39 is 0 Å². The van der Waals surface area contributed by atoms with Crippen molar-refractivity contribution in [3.05, 3.63) is 89.0 Å². The van der Waals surface area contributed by atoms with Crippen LogP contribution in [0.25, 0.3) is 29.1 Å². The van der Waals surface area contributed by atoms with E-state index in [4.69, 9.17) is 0 Å². The summed E-state index contributed by atoms with van der Waals surface area (Å²) >= 11 is 0. The molecule has 0 saturated carbocycles. The van der Waals surface area contributed by atoms with Crippen molar-refractivity contribution in [2.75, 3.05) is 0 Å². The number of hydrogen-bond donors (Lipinski definition) is 0. The molecule has 0 radical (unpaired) electrons. The average Bonchev–Trinajstić information content (AvgIpc) is 3.16. The summed E-state index contributed by atoms with van der Waals surface area (Å²) in [6.45, 7) is 4.14. The quantitative estimate of drug-likeness (QED) is 0.383. The first-order valence-corrected chi connectivity index (χ1v) is 8.78. The van der Waals surface area contributed by atoms with Crippen molar-refractivity contribution in [2.45, 2.75) is 13.8 Å². The minimum Gasteiger partial charge on any atom is -0.304 e. The SMILES string of the molecule is Cc1ccc(C=O)cc1/C=C/c1cccc(-c2cn3ccnc3cn2)c1C. The number of carbonyl (C=O) groups is 1. The van der Waals surface area contributed by atoms with Crippen LogP contribution in [0.2, 0.25) is 0 Å². The highest BCUT2D eigenvalue weighted by Gasteiger charge is 2.07. The number of aldehydes is 1. The van der Waals surface area contributed by atoms with Crippen molar-refractivity contribution in [3.8, 4) is 11.3 Å². The lowest BCUT2D eigenvalue weighted by Gasteiger charge is -2.09. The third-order valence-corrected chi connectivity index (χ3v) is 4.81. The molecule has 0 aliphatic heterocycles. The van der Waals surface area contributed by atoms with Gasteiger partial charge in [-0.1, -0.05) is 42.5 Å². The Kier molecular flexibility index (Phi) is 4.38. The van der Waals surface area contributed by atoms with E-state index in [-0.39, 0.29) is 0 Å². The maximum Gasteiger partial charge on any atom is 0.155 e. The van der Waals surface area contributed by atoms with Crippen LogP contribution in [0, 0.1) is 13.8 Å². The largest absolute Gasteiger partial charge is 0.304 e. The standard InChI is InChI=1S/C23H19N3O/c1-16-6-7-18(15-27)12-20(16)9-8-19-4-3-5-21(17(19)2)22-14-26-11-10-24-23(26)13-25-22/h3-15H,1-2H3/b9-8+. The van der Waals surface area contributed by atoms with E-state index >= 15 is 0 Å². The Bertz CT molecular complexity index is 1170. The summed E-state index contributed by atoms with van der Waals surface area (Å²) in [6, 6.07) is 11.9. The second-order valence-electron chi connectivity index (χ2n) is 6.55. The van der Waals surface area contributed by atoms with Gasteiger partial charge < -0.3 is 4.40 Å². The van der Waals surface area contributed by atoms with Crippen molar-refractivity contribution >= 4 is 24.1 Å². The zero-order valence-corrected chi connectivity index (χ0v) is 15.3. The van der Waals surface area contributed by atoms with Crippen LogP contribution in [0.4, 0.5) is 0 Å². The van der Waals surface area contributed by atoms with Gasteiger partial charge in [0.05, 0.1) is 11.9 Å². The molecule has 4 aromatic rings. The first-order valence-electron chi connectivity index (χ1n) is 8.78. The van der Waals surface area contributed by atoms with E-state index in [9.17, 15) is 4.79 Å². The molecule has 2 aromatic carbocycles. The van der Waals surface area contributed by atoms with E-state index in [0.717, 1.165) is 45.4 Å². The van der Waals surface area contributed by atoms with Crippen molar-refractivity contribution in [1.82, 2.24) is 14.4 Å². The highest BCUT2D eigenvalue weighted by molar-refractivity contribution is 5.81. The van der Waals surface area contributed by atoms with Crippen LogP contribution in [0.3, 0.4) is 0 Å². The molecule has 0 aliphatic rings. The van der Waals surface area contributed by atoms with Gasteiger partial charge in [0, 0.05) is 29.7 Å². The number of carbonyl (C=O) groups excluding carboxylic acids is 1. The third kappa shape index (κ3) is 3.29. The van der Waals surface area contributed by atoms with Crippen molar-refractivity contribution in [3.63, 3.8) is 0 Å². The lowest BCUT2D eigenvalue weighted by atomic mass is 9.98. The fourth-order valence-electron chi connectivity index (χ4n) is 3.17. The van der Waals surface area contributed by atoms with Gasteiger partial charge in [-0.15, -0.1) is 0 Å². The van der Waals surface area contributed by atoms with E-state index in [1.807, 2.05) is 48.0 Å². The molecule has 0 unspecified atom stereocenters. The molecule has 0 N–H and O–H groups in total. The van der Waals surface area contributed by atoms with Gasteiger partial charge in [0.15, 0.2) is 5.65 Å². The number of aromatic nitrogens is 3. The molecule has 132 valence electrons. The minimum absolute atomic E-state index is 0.684. The first kappa shape index (κ1) is 16.9. The lowest BCUT2D eigenvalue weighted by molar-refractivity contribution is 0.112. The summed E-state index contributed by atoms with van der Waals surface area (Å²) in [5.41, 5.74) is 7.97.